The van der Waals surface area contributed by atoms with Crippen LogP contribution in [0.3, 0.4) is 0 Å². The van der Waals surface area contributed by atoms with Gasteiger partial charge >= 0.3 is 5.97 Å². The van der Waals surface area contributed by atoms with Crippen molar-refractivity contribution in [1.82, 2.24) is 0 Å². The molecule has 3 atom stereocenters. The highest BCUT2D eigenvalue weighted by molar-refractivity contribution is 6.09. The van der Waals surface area contributed by atoms with Crippen LogP contribution in [-0.2, 0) is 6.42 Å². The zero-order valence-corrected chi connectivity index (χ0v) is 11.0. The molecule has 100 valence electrons. The normalized spacial score (nSPS) is 29.8. The quantitative estimate of drug-likeness (QED) is 0.628. The molecule has 0 spiro atoms. The molecule has 2 aromatic rings. The lowest BCUT2D eigenvalue weighted by atomic mass is 9.84. The minimum absolute atomic E-state index is 0.284. The number of ether oxygens (including phenoxy) is 1. The van der Waals surface area contributed by atoms with Crippen molar-refractivity contribution >= 4 is 17.1 Å². The maximum absolute atomic E-state index is 11.6. The Labute approximate surface area is 116 Å². The maximum Gasteiger partial charge on any atom is 0.347 e. The van der Waals surface area contributed by atoms with E-state index in [1.807, 2.05) is 0 Å². The number of carbonyl (C=O) groups excluding carboxylic acids is 1. The van der Waals surface area contributed by atoms with Gasteiger partial charge in [0.1, 0.15) is 11.1 Å². The van der Waals surface area contributed by atoms with E-state index in [4.69, 9.17) is 9.15 Å². The molecular formula is C17H14O3. The molecule has 4 bridgehead atoms. The van der Waals surface area contributed by atoms with Crippen molar-refractivity contribution < 1.29 is 13.9 Å². The zero-order valence-electron chi connectivity index (χ0n) is 11.0. The van der Waals surface area contributed by atoms with Crippen LogP contribution in [0.15, 0.2) is 34.8 Å². The van der Waals surface area contributed by atoms with Gasteiger partial charge in [0.25, 0.3) is 0 Å². The number of furan rings is 2. The first-order valence-electron chi connectivity index (χ1n) is 7.16. The fourth-order valence-corrected chi connectivity index (χ4v) is 4.14. The first kappa shape index (κ1) is 10.7. The number of esters is 1. The van der Waals surface area contributed by atoms with Gasteiger partial charge in [-0.15, -0.1) is 0 Å². The number of hydrogen-bond donors (Lipinski definition) is 0. The van der Waals surface area contributed by atoms with Crippen molar-refractivity contribution in [3.05, 3.63) is 41.5 Å². The van der Waals surface area contributed by atoms with E-state index in [9.17, 15) is 4.79 Å². The summed E-state index contributed by atoms with van der Waals surface area (Å²) in [6.45, 7) is 4.30. The lowest BCUT2D eigenvalue weighted by Gasteiger charge is -2.20. The van der Waals surface area contributed by atoms with E-state index in [2.05, 4.69) is 18.7 Å². The van der Waals surface area contributed by atoms with E-state index in [1.165, 1.54) is 18.4 Å². The van der Waals surface area contributed by atoms with Crippen molar-refractivity contribution in [2.75, 3.05) is 0 Å². The molecule has 0 saturated heterocycles. The van der Waals surface area contributed by atoms with E-state index in [1.54, 1.807) is 6.07 Å². The number of carbonyl (C=O) groups is 1. The fourth-order valence-electron chi connectivity index (χ4n) is 4.14. The molecule has 5 rings (SSSR count). The first-order chi connectivity index (χ1) is 9.70. The van der Waals surface area contributed by atoms with E-state index in [0.29, 0.717) is 28.7 Å². The summed E-state index contributed by atoms with van der Waals surface area (Å²) in [5, 5.41) is 0. The summed E-state index contributed by atoms with van der Waals surface area (Å²) in [7, 11) is 0. The molecule has 20 heavy (non-hydrogen) atoms. The van der Waals surface area contributed by atoms with E-state index in [0.717, 1.165) is 23.5 Å². The molecule has 1 saturated carbocycles. The van der Waals surface area contributed by atoms with Crippen LogP contribution < -0.4 is 4.74 Å². The fraction of sp³-hybridized carbons (Fsp3) is 0.353. The lowest BCUT2D eigenvalue weighted by molar-refractivity contribution is 0.0754. The van der Waals surface area contributed by atoms with Crippen LogP contribution in [0.5, 0.6) is 5.75 Å². The number of hydrogen-bond acceptors (Lipinski definition) is 3. The van der Waals surface area contributed by atoms with Crippen LogP contribution >= 0.6 is 0 Å². The van der Waals surface area contributed by atoms with Gasteiger partial charge in [0.15, 0.2) is 11.3 Å². The van der Waals surface area contributed by atoms with Gasteiger partial charge in [-0.2, -0.15) is 0 Å². The Morgan fingerprint density at radius 2 is 2.25 bits per heavy atom. The van der Waals surface area contributed by atoms with E-state index >= 15 is 0 Å². The van der Waals surface area contributed by atoms with Gasteiger partial charge in [-0.25, -0.2) is 4.79 Å². The predicted molar refractivity (Wildman–Crippen MR) is 74.0 cm³/mol. The Kier molecular flexibility index (Phi) is 1.79. The van der Waals surface area contributed by atoms with Gasteiger partial charge in [-0.1, -0.05) is 24.3 Å². The molecular weight excluding hydrogens is 252 g/mol. The van der Waals surface area contributed by atoms with Crippen LogP contribution in [0.4, 0.5) is 0 Å². The van der Waals surface area contributed by atoms with Gasteiger partial charge in [-0.05, 0) is 36.7 Å². The van der Waals surface area contributed by atoms with Crippen LogP contribution in [0.2, 0.25) is 0 Å². The number of rotatable bonds is 3. The number of fused-ring (bicyclic) bond motifs is 3. The molecule has 3 aliphatic rings. The van der Waals surface area contributed by atoms with Gasteiger partial charge in [0.2, 0.25) is 0 Å². The topological polar surface area (TPSA) is 39.4 Å². The highest BCUT2D eigenvalue weighted by Crippen LogP contribution is 2.49. The van der Waals surface area contributed by atoms with Crippen molar-refractivity contribution in [3.8, 4) is 5.75 Å². The molecule has 0 radical (unpaired) electrons. The zero-order chi connectivity index (χ0) is 13.4. The molecule has 3 heteroatoms. The van der Waals surface area contributed by atoms with Crippen molar-refractivity contribution in [2.45, 2.75) is 19.3 Å². The minimum Gasteiger partial charge on any atom is -0.452 e. The second kappa shape index (κ2) is 3.35. The lowest BCUT2D eigenvalue weighted by Crippen LogP contribution is -2.11. The third-order valence-corrected chi connectivity index (χ3v) is 5.13. The molecule has 3 heterocycles. The Hall–Kier alpha value is -2.03. The number of allylic oxidation sites excluding steroid dienone is 3. The highest BCUT2D eigenvalue weighted by atomic mass is 16.6. The summed E-state index contributed by atoms with van der Waals surface area (Å²) >= 11 is 0. The summed E-state index contributed by atoms with van der Waals surface area (Å²) in [5.74, 6) is 2.33. The third-order valence-electron chi connectivity index (χ3n) is 5.13. The average molecular weight is 266 g/mol. The Balaban J connectivity index is 1.46. The third kappa shape index (κ3) is 1.18. The van der Waals surface area contributed by atoms with Crippen LogP contribution in [-0.4, -0.2) is 5.97 Å². The summed E-state index contributed by atoms with van der Waals surface area (Å²) in [5.41, 5.74) is 4.24. The second-order valence-corrected chi connectivity index (χ2v) is 6.27. The molecule has 0 aromatic carbocycles. The SMILES string of the molecule is C=C(Cc1c2c3oc1cc3C(=O)O2)C1CC2C=CC1C2. The Bertz CT molecular complexity index is 779. The summed E-state index contributed by atoms with van der Waals surface area (Å²) in [4.78, 5) is 11.6. The van der Waals surface area contributed by atoms with Crippen molar-refractivity contribution in [2.24, 2.45) is 17.8 Å². The van der Waals surface area contributed by atoms with E-state index < -0.39 is 0 Å². The van der Waals surface area contributed by atoms with Gasteiger partial charge in [0, 0.05) is 12.0 Å². The molecule has 3 unspecified atom stereocenters. The monoisotopic (exact) mass is 266 g/mol. The molecule has 0 amide bonds. The maximum atomic E-state index is 11.6. The average Bonchev–Trinajstić information content (AvgIpc) is 3.19. The minimum atomic E-state index is -0.284. The Morgan fingerprint density at radius 3 is 3.00 bits per heavy atom. The molecule has 0 N–H and O–H groups in total. The summed E-state index contributed by atoms with van der Waals surface area (Å²) < 4.78 is 10.9. The van der Waals surface area contributed by atoms with E-state index in [-0.39, 0.29) is 5.97 Å². The van der Waals surface area contributed by atoms with Crippen LogP contribution in [0, 0.1) is 17.8 Å². The largest absolute Gasteiger partial charge is 0.452 e. The highest BCUT2D eigenvalue weighted by Gasteiger charge is 2.39. The standard InChI is InChI=1S/C17H14O3/c1-8(11-6-9-2-3-10(11)5-9)4-12-14-7-13-16(19-14)15(12)20-17(13)18/h2-3,7,9-11H,1,4-6H2. The summed E-state index contributed by atoms with van der Waals surface area (Å²) in [6.07, 6.45) is 7.94. The molecule has 3 nitrogen and oxygen atoms in total. The van der Waals surface area contributed by atoms with Crippen LogP contribution in [0.25, 0.3) is 11.2 Å². The van der Waals surface area contributed by atoms with Crippen LogP contribution in [0.1, 0.15) is 28.8 Å². The van der Waals surface area contributed by atoms with Crippen molar-refractivity contribution in [3.63, 3.8) is 0 Å². The van der Waals surface area contributed by atoms with Gasteiger partial charge in [0.05, 0.1) is 0 Å². The first-order valence-corrected chi connectivity index (χ1v) is 7.16. The molecule has 2 aliphatic carbocycles. The predicted octanol–water partition coefficient (Wildman–Crippen LogP) is 3.71. The Morgan fingerprint density at radius 1 is 1.35 bits per heavy atom. The number of benzene rings is 1. The molecule has 2 aromatic heterocycles. The van der Waals surface area contributed by atoms with Gasteiger partial charge < -0.3 is 9.15 Å². The molecule has 1 fully saturated rings. The van der Waals surface area contributed by atoms with Crippen molar-refractivity contribution in [1.29, 1.82) is 0 Å². The summed E-state index contributed by atoms with van der Waals surface area (Å²) in [6, 6.07) is 1.80. The smallest absolute Gasteiger partial charge is 0.347 e. The van der Waals surface area contributed by atoms with Gasteiger partial charge in [-0.3, -0.25) is 0 Å². The second-order valence-electron chi connectivity index (χ2n) is 6.27. The molecule has 1 aliphatic heterocycles.